The van der Waals surface area contributed by atoms with Gasteiger partial charge in [0.15, 0.2) is 6.61 Å². The quantitative estimate of drug-likeness (QED) is 0.812. The molecule has 27 heavy (non-hydrogen) atoms. The standard InChI is InChI=1S/C20H27N3O4/c24-18(23-9-11-26-12-10-23)14-27-17-4-2-1-3-16(17)22-19(25)15-13-20(15)5-7-21-8-6-20/h1-4,15,21H,5-14H2,(H,22,25). The van der Waals surface area contributed by atoms with Gasteiger partial charge in [0.05, 0.1) is 18.9 Å². The molecule has 1 saturated carbocycles. The van der Waals surface area contributed by atoms with E-state index in [1.54, 1.807) is 11.0 Å². The van der Waals surface area contributed by atoms with E-state index in [1.807, 2.05) is 18.2 Å². The number of hydrogen-bond acceptors (Lipinski definition) is 5. The molecule has 3 fully saturated rings. The first kappa shape index (κ1) is 18.3. The molecule has 0 radical (unpaired) electrons. The highest BCUT2D eigenvalue weighted by atomic mass is 16.5. The second kappa shape index (κ2) is 7.86. The molecule has 7 heteroatoms. The molecule has 146 valence electrons. The van der Waals surface area contributed by atoms with E-state index in [9.17, 15) is 9.59 Å². The summed E-state index contributed by atoms with van der Waals surface area (Å²) in [6, 6.07) is 7.31. The number of anilines is 1. The van der Waals surface area contributed by atoms with Crippen molar-refractivity contribution in [3.63, 3.8) is 0 Å². The van der Waals surface area contributed by atoms with Crippen molar-refractivity contribution in [2.45, 2.75) is 19.3 Å². The van der Waals surface area contributed by atoms with Gasteiger partial charge < -0.3 is 25.0 Å². The number of morpholine rings is 1. The van der Waals surface area contributed by atoms with E-state index in [2.05, 4.69) is 10.6 Å². The molecule has 0 aromatic heterocycles. The van der Waals surface area contributed by atoms with Crippen LogP contribution in [0.2, 0.25) is 0 Å². The Balaban J connectivity index is 1.34. The number of piperidine rings is 1. The molecule has 3 aliphatic rings. The summed E-state index contributed by atoms with van der Waals surface area (Å²) in [6.45, 7) is 4.28. The van der Waals surface area contributed by atoms with Crippen LogP contribution in [0.5, 0.6) is 5.75 Å². The van der Waals surface area contributed by atoms with Gasteiger partial charge in [-0.15, -0.1) is 0 Å². The predicted octanol–water partition coefficient (Wildman–Crippen LogP) is 1.25. The SMILES string of the molecule is O=C(Nc1ccccc1OCC(=O)N1CCOCC1)C1CC12CCNCC2. The number of amides is 2. The predicted molar refractivity (Wildman–Crippen MR) is 101 cm³/mol. The summed E-state index contributed by atoms with van der Waals surface area (Å²) in [4.78, 5) is 26.7. The fourth-order valence-corrected chi connectivity index (χ4v) is 4.15. The maximum Gasteiger partial charge on any atom is 0.260 e. The summed E-state index contributed by atoms with van der Waals surface area (Å²) in [6.07, 6.45) is 3.10. The zero-order valence-corrected chi connectivity index (χ0v) is 15.5. The molecule has 2 amide bonds. The molecule has 7 nitrogen and oxygen atoms in total. The summed E-state index contributed by atoms with van der Waals surface area (Å²) < 4.78 is 11.0. The number of para-hydroxylation sites is 2. The minimum Gasteiger partial charge on any atom is -0.482 e. The van der Waals surface area contributed by atoms with E-state index in [1.165, 1.54) is 0 Å². The number of nitrogens with one attached hydrogen (secondary N) is 2. The van der Waals surface area contributed by atoms with Crippen molar-refractivity contribution < 1.29 is 19.1 Å². The topological polar surface area (TPSA) is 79.9 Å². The van der Waals surface area contributed by atoms with E-state index in [0.717, 1.165) is 32.4 Å². The zero-order chi connectivity index (χ0) is 18.7. The van der Waals surface area contributed by atoms with Crippen LogP contribution in [0.1, 0.15) is 19.3 Å². The minimum atomic E-state index is -0.0599. The minimum absolute atomic E-state index is 0.0358. The maximum absolute atomic E-state index is 12.7. The lowest BCUT2D eigenvalue weighted by Crippen LogP contribution is -2.43. The molecular weight excluding hydrogens is 346 g/mol. The normalized spacial score (nSPS) is 23.7. The molecule has 1 unspecified atom stereocenters. The molecule has 1 atom stereocenters. The molecule has 2 saturated heterocycles. The van der Waals surface area contributed by atoms with Gasteiger partial charge in [-0.05, 0) is 49.9 Å². The molecule has 1 aromatic carbocycles. The first-order valence-electron chi connectivity index (χ1n) is 9.77. The number of ether oxygens (including phenoxy) is 2. The summed E-state index contributed by atoms with van der Waals surface area (Å²) in [5.74, 6) is 0.623. The van der Waals surface area contributed by atoms with Gasteiger partial charge in [0, 0.05) is 19.0 Å². The lowest BCUT2D eigenvalue weighted by Gasteiger charge is -2.26. The van der Waals surface area contributed by atoms with Crippen LogP contribution in [0.15, 0.2) is 24.3 Å². The molecular formula is C20H27N3O4. The summed E-state index contributed by atoms with van der Waals surface area (Å²) in [5, 5.41) is 6.38. The summed E-state index contributed by atoms with van der Waals surface area (Å²) in [7, 11) is 0. The Morgan fingerprint density at radius 3 is 2.74 bits per heavy atom. The van der Waals surface area contributed by atoms with Crippen LogP contribution in [-0.2, 0) is 14.3 Å². The Labute approximate surface area is 159 Å². The third-order valence-electron chi connectivity index (χ3n) is 5.97. The molecule has 2 aliphatic heterocycles. The van der Waals surface area contributed by atoms with Gasteiger partial charge in [-0.3, -0.25) is 9.59 Å². The second-order valence-electron chi connectivity index (χ2n) is 7.64. The molecule has 1 aliphatic carbocycles. The van der Waals surface area contributed by atoms with Crippen molar-refractivity contribution >= 4 is 17.5 Å². The van der Waals surface area contributed by atoms with Gasteiger partial charge in [0.2, 0.25) is 5.91 Å². The van der Waals surface area contributed by atoms with Gasteiger partial charge in [0.1, 0.15) is 5.75 Å². The summed E-state index contributed by atoms with van der Waals surface area (Å²) >= 11 is 0. The number of nitrogens with zero attached hydrogens (tertiary/aromatic N) is 1. The van der Waals surface area contributed by atoms with Crippen molar-refractivity contribution in [1.82, 2.24) is 10.2 Å². The van der Waals surface area contributed by atoms with Crippen LogP contribution < -0.4 is 15.4 Å². The van der Waals surface area contributed by atoms with Crippen LogP contribution in [0, 0.1) is 11.3 Å². The molecule has 1 aromatic rings. The first-order valence-corrected chi connectivity index (χ1v) is 9.77. The number of hydrogen-bond donors (Lipinski definition) is 2. The smallest absolute Gasteiger partial charge is 0.260 e. The monoisotopic (exact) mass is 373 g/mol. The van der Waals surface area contributed by atoms with Crippen LogP contribution in [0.25, 0.3) is 0 Å². The van der Waals surface area contributed by atoms with E-state index in [0.29, 0.717) is 37.7 Å². The van der Waals surface area contributed by atoms with Crippen LogP contribution in [0.3, 0.4) is 0 Å². The lowest BCUT2D eigenvalue weighted by molar-refractivity contribution is -0.137. The fourth-order valence-electron chi connectivity index (χ4n) is 4.15. The molecule has 4 rings (SSSR count). The van der Waals surface area contributed by atoms with Crippen LogP contribution in [0.4, 0.5) is 5.69 Å². The third kappa shape index (κ3) is 4.09. The number of rotatable bonds is 5. The highest BCUT2D eigenvalue weighted by Gasteiger charge is 2.57. The first-order chi connectivity index (χ1) is 13.2. The fraction of sp³-hybridized carbons (Fsp3) is 0.600. The molecule has 1 spiro atoms. The van der Waals surface area contributed by atoms with Crippen molar-refractivity contribution in [3.8, 4) is 5.75 Å². The van der Waals surface area contributed by atoms with Gasteiger partial charge in [-0.1, -0.05) is 12.1 Å². The number of carbonyl (C=O) groups excluding carboxylic acids is 2. The van der Waals surface area contributed by atoms with Gasteiger partial charge >= 0.3 is 0 Å². The maximum atomic E-state index is 12.7. The van der Waals surface area contributed by atoms with Crippen LogP contribution >= 0.6 is 0 Å². The average molecular weight is 373 g/mol. The molecule has 0 bridgehead atoms. The van der Waals surface area contributed by atoms with E-state index in [4.69, 9.17) is 9.47 Å². The highest BCUT2D eigenvalue weighted by Crippen LogP contribution is 2.58. The average Bonchev–Trinajstić information content (AvgIpc) is 3.41. The lowest BCUT2D eigenvalue weighted by atomic mass is 9.92. The van der Waals surface area contributed by atoms with Gasteiger partial charge in [-0.25, -0.2) is 0 Å². The van der Waals surface area contributed by atoms with Crippen molar-refractivity contribution in [1.29, 1.82) is 0 Å². The Morgan fingerprint density at radius 2 is 1.96 bits per heavy atom. The number of carbonyl (C=O) groups is 2. The Morgan fingerprint density at radius 1 is 1.22 bits per heavy atom. The van der Waals surface area contributed by atoms with Crippen molar-refractivity contribution in [3.05, 3.63) is 24.3 Å². The van der Waals surface area contributed by atoms with Crippen molar-refractivity contribution in [2.75, 3.05) is 51.3 Å². The Bertz CT molecular complexity index is 696. The Hall–Kier alpha value is -2.12. The second-order valence-corrected chi connectivity index (χ2v) is 7.64. The van der Waals surface area contributed by atoms with E-state index >= 15 is 0 Å². The summed E-state index contributed by atoms with van der Waals surface area (Å²) in [5.41, 5.74) is 0.825. The van der Waals surface area contributed by atoms with Gasteiger partial charge in [-0.2, -0.15) is 0 Å². The Kier molecular flexibility index (Phi) is 5.31. The largest absolute Gasteiger partial charge is 0.482 e. The third-order valence-corrected chi connectivity index (χ3v) is 5.97. The van der Waals surface area contributed by atoms with Gasteiger partial charge in [0.25, 0.3) is 5.91 Å². The van der Waals surface area contributed by atoms with Crippen molar-refractivity contribution in [2.24, 2.45) is 11.3 Å². The highest BCUT2D eigenvalue weighted by molar-refractivity contribution is 5.96. The van der Waals surface area contributed by atoms with Crippen LogP contribution in [-0.4, -0.2) is 62.7 Å². The zero-order valence-electron chi connectivity index (χ0n) is 15.5. The molecule has 2 heterocycles. The van der Waals surface area contributed by atoms with E-state index < -0.39 is 0 Å². The molecule has 2 N–H and O–H groups in total. The van der Waals surface area contributed by atoms with E-state index in [-0.39, 0.29) is 29.8 Å². The number of benzene rings is 1.